The second kappa shape index (κ2) is 7.61. The molecule has 0 radical (unpaired) electrons. The summed E-state index contributed by atoms with van der Waals surface area (Å²) in [5.74, 6) is 1.20. The van der Waals surface area contributed by atoms with Gasteiger partial charge in [-0.15, -0.1) is 0 Å². The van der Waals surface area contributed by atoms with Crippen molar-refractivity contribution in [3.05, 3.63) is 29.8 Å². The first-order valence-electron chi connectivity index (χ1n) is 7.77. The van der Waals surface area contributed by atoms with E-state index in [1.54, 1.807) is 12.0 Å². The zero-order valence-corrected chi connectivity index (χ0v) is 13.7. The summed E-state index contributed by atoms with van der Waals surface area (Å²) in [4.78, 5) is 16.2. The van der Waals surface area contributed by atoms with E-state index in [0.29, 0.717) is 13.1 Å². The van der Waals surface area contributed by atoms with Crippen LogP contribution in [-0.4, -0.2) is 60.7 Å². The molecule has 1 N–H and O–H groups in total. The number of carbonyl (C=O) groups excluding carboxylic acids is 1. The maximum atomic E-state index is 12.3. The van der Waals surface area contributed by atoms with Crippen molar-refractivity contribution in [3.63, 3.8) is 0 Å². The Hall–Kier alpha value is -1.59. The lowest BCUT2D eigenvalue weighted by Crippen LogP contribution is -2.37. The molecular weight excluding hydrogens is 280 g/mol. The lowest BCUT2D eigenvalue weighted by molar-refractivity contribution is -0.131. The van der Waals surface area contributed by atoms with Gasteiger partial charge >= 0.3 is 0 Å². The monoisotopic (exact) mass is 306 g/mol. The van der Waals surface area contributed by atoms with Crippen molar-refractivity contribution in [1.29, 1.82) is 0 Å². The van der Waals surface area contributed by atoms with E-state index in [1.807, 2.05) is 38.2 Å². The van der Waals surface area contributed by atoms with Crippen LogP contribution in [0.25, 0.3) is 0 Å². The second-order valence-electron chi connectivity index (χ2n) is 6.13. The molecule has 1 heterocycles. The summed E-state index contributed by atoms with van der Waals surface area (Å²) in [5.41, 5.74) is 1.05. The number of hydrogen-bond acceptors (Lipinski definition) is 4. The SMILES string of the molecule is COc1cccc(CN(C)C(=O)CN2CCC(C(C)O)C2)c1. The number of likely N-dealkylation sites (tertiary alicyclic amines) is 1. The van der Waals surface area contributed by atoms with E-state index in [-0.39, 0.29) is 17.9 Å². The molecule has 5 nitrogen and oxygen atoms in total. The molecular formula is C17H26N2O3. The van der Waals surface area contributed by atoms with E-state index in [1.165, 1.54) is 0 Å². The summed E-state index contributed by atoms with van der Waals surface area (Å²) in [6.45, 7) is 4.50. The highest BCUT2D eigenvalue weighted by Gasteiger charge is 2.27. The molecule has 0 aromatic heterocycles. The molecule has 1 amide bonds. The summed E-state index contributed by atoms with van der Waals surface area (Å²) in [6, 6.07) is 7.76. The van der Waals surface area contributed by atoms with Crippen molar-refractivity contribution in [2.45, 2.75) is 26.0 Å². The molecule has 2 unspecified atom stereocenters. The predicted octanol–water partition coefficient (Wildman–Crippen LogP) is 1.36. The first-order chi connectivity index (χ1) is 10.5. The maximum absolute atomic E-state index is 12.3. The summed E-state index contributed by atoms with van der Waals surface area (Å²) >= 11 is 0. The maximum Gasteiger partial charge on any atom is 0.236 e. The van der Waals surface area contributed by atoms with Gasteiger partial charge in [0, 0.05) is 20.1 Å². The number of likely N-dealkylation sites (N-methyl/N-ethyl adjacent to an activating group) is 1. The Kier molecular flexibility index (Phi) is 5.80. The Balaban J connectivity index is 1.84. The zero-order valence-electron chi connectivity index (χ0n) is 13.7. The summed E-state index contributed by atoms with van der Waals surface area (Å²) in [5, 5.41) is 9.62. The van der Waals surface area contributed by atoms with Gasteiger partial charge in [0.15, 0.2) is 0 Å². The van der Waals surface area contributed by atoms with E-state index in [2.05, 4.69) is 4.90 Å². The molecule has 0 spiro atoms. The number of aliphatic hydroxyl groups is 1. The lowest BCUT2D eigenvalue weighted by Gasteiger charge is -2.22. The number of amides is 1. The molecule has 1 fully saturated rings. The van der Waals surface area contributed by atoms with Gasteiger partial charge in [-0.3, -0.25) is 9.69 Å². The third-order valence-electron chi connectivity index (χ3n) is 4.33. The van der Waals surface area contributed by atoms with Crippen LogP contribution in [0.1, 0.15) is 18.9 Å². The molecule has 0 bridgehead atoms. The van der Waals surface area contributed by atoms with Gasteiger partial charge in [0.05, 0.1) is 19.8 Å². The summed E-state index contributed by atoms with van der Waals surface area (Å²) in [6.07, 6.45) is 0.666. The van der Waals surface area contributed by atoms with Crippen LogP contribution in [0.2, 0.25) is 0 Å². The highest BCUT2D eigenvalue weighted by Crippen LogP contribution is 2.19. The quantitative estimate of drug-likeness (QED) is 0.862. The highest BCUT2D eigenvalue weighted by molar-refractivity contribution is 5.78. The van der Waals surface area contributed by atoms with Gasteiger partial charge in [-0.05, 0) is 43.5 Å². The van der Waals surface area contributed by atoms with Crippen molar-refractivity contribution in [2.24, 2.45) is 5.92 Å². The van der Waals surface area contributed by atoms with Gasteiger partial charge < -0.3 is 14.7 Å². The van der Waals surface area contributed by atoms with Crippen LogP contribution in [0.3, 0.4) is 0 Å². The minimum atomic E-state index is -0.297. The fourth-order valence-corrected chi connectivity index (χ4v) is 2.84. The standard InChI is InChI=1S/C17H26N2O3/c1-13(20)15-7-8-19(11-15)12-17(21)18(2)10-14-5-4-6-16(9-14)22-3/h4-6,9,13,15,20H,7-8,10-12H2,1-3H3. The van der Waals surface area contributed by atoms with Crippen molar-refractivity contribution in [3.8, 4) is 5.75 Å². The minimum Gasteiger partial charge on any atom is -0.497 e. The average molecular weight is 306 g/mol. The fourth-order valence-electron chi connectivity index (χ4n) is 2.84. The Morgan fingerprint density at radius 2 is 2.32 bits per heavy atom. The average Bonchev–Trinajstić information content (AvgIpc) is 2.96. The normalized spacial score (nSPS) is 19.9. The van der Waals surface area contributed by atoms with Crippen LogP contribution in [0.4, 0.5) is 0 Å². The van der Waals surface area contributed by atoms with Crippen molar-refractivity contribution in [2.75, 3.05) is 33.8 Å². The predicted molar refractivity (Wildman–Crippen MR) is 85.7 cm³/mol. The number of ether oxygens (including phenoxy) is 1. The first kappa shape index (κ1) is 16.8. The molecule has 22 heavy (non-hydrogen) atoms. The van der Waals surface area contributed by atoms with E-state index < -0.39 is 0 Å². The van der Waals surface area contributed by atoms with Gasteiger partial charge in [-0.1, -0.05) is 12.1 Å². The van der Waals surface area contributed by atoms with Gasteiger partial charge in [0.2, 0.25) is 5.91 Å². The molecule has 2 atom stereocenters. The molecule has 1 aliphatic heterocycles. The number of carbonyl (C=O) groups is 1. The summed E-state index contributed by atoms with van der Waals surface area (Å²) < 4.78 is 5.20. The number of benzene rings is 1. The van der Waals surface area contributed by atoms with Crippen molar-refractivity contribution in [1.82, 2.24) is 9.80 Å². The van der Waals surface area contributed by atoms with Crippen molar-refractivity contribution >= 4 is 5.91 Å². The largest absolute Gasteiger partial charge is 0.497 e. The highest BCUT2D eigenvalue weighted by atomic mass is 16.5. The molecule has 1 saturated heterocycles. The van der Waals surface area contributed by atoms with Crippen LogP contribution < -0.4 is 4.74 Å². The Morgan fingerprint density at radius 1 is 1.55 bits per heavy atom. The third-order valence-corrected chi connectivity index (χ3v) is 4.33. The topological polar surface area (TPSA) is 53.0 Å². The number of rotatable bonds is 6. The molecule has 1 aliphatic rings. The van der Waals surface area contributed by atoms with Crippen molar-refractivity contribution < 1.29 is 14.6 Å². The molecule has 1 aromatic rings. The van der Waals surface area contributed by atoms with E-state index in [4.69, 9.17) is 4.74 Å². The van der Waals surface area contributed by atoms with Crippen LogP contribution in [-0.2, 0) is 11.3 Å². The van der Waals surface area contributed by atoms with Gasteiger partial charge in [0.25, 0.3) is 0 Å². The Bertz CT molecular complexity index is 504. The number of nitrogens with zero attached hydrogens (tertiary/aromatic N) is 2. The molecule has 2 rings (SSSR count). The third kappa shape index (κ3) is 4.45. The van der Waals surface area contributed by atoms with Crippen LogP contribution in [0.5, 0.6) is 5.75 Å². The van der Waals surface area contributed by atoms with E-state index in [9.17, 15) is 9.90 Å². The van der Waals surface area contributed by atoms with Crippen LogP contribution in [0, 0.1) is 5.92 Å². The number of methoxy groups -OCH3 is 1. The molecule has 0 aliphatic carbocycles. The zero-order chi connectivity index (χ0) is 16.1. The molecule has 5 heteroatoms. The fraction of sp³-hybridized carbons (Fsp3) is 0.588. The van der Waals surface area contributed by atoms with E-state index >= 15 is 0 Å². The van der Waals surface area contributed by atoms with E-state index in [0.717, 1.165) is 30.8 Å². The van der Waals surface area contributed by atoms with Gasteiger partial charge in [-0.2, -0.15) is 0 Å². The Morgan fingerprint density at radius 3 is 2.95 bits per heavy atom. The smallest absolute Gasteiger partial charge is 0.236 e. The van der Waals surface area contributed by atoms with Crippen LogP contribution in [0.15, 0.2) is 24.3 Å². The van der Waals surface area contributed by atoms with Crippen LogP contribution >= 0.6 is 0 Å². The lowest BCUT2D eigenvalue weighted by atomic mass is 10.0. The minimum absolute atomic E-state index is 0.106. The summed E-state index contributed by atoms with van der Waals surface area (Å²) in [7, 11) is 3.46. The second-order valence-corrected chi connectivity index (χ2v) is 6.13. The van der Waals surface area contributed by atoms with Gasteiger partial charge in [-0.25, -0.2) is 0 Å². The molecule has 0 saturated carbocycles. The number of hydrogen-bond donors (Lipinski definition) is 1. The number of aliphatic hydroxyl groups excluding tert-OH is 1. The Labute approximate surface area is 132 Å². The molecule has 1 aromatic carbocycles. The van der Waals surface area contributed by atoms with Gasteiger partial charge in [0.1, 0.15) is 5.75 Å². The molecule has 122 valence electrons. The first-order valence-corrected chi connectivity index (χ1v) is 7.77.